The third kappa shape index (κ3) is 5.24. The molecule has 3 amide bonds. The molecule has 1 aromatic carbocycles. The average Bonchev–Trinajstić information content (AvgIpc) is 3.61. The normalized spacial score (nSPS) is 16.2. The molecule has 4 heterocycles. The monoisotopic (exact) mass is 521 g/mol. The van der Waals surface area contributed by atoms with E-state index in [1.54, 1.807) is 17.4 Å². The number of thioether (sulfide) groups is 1. The first kappa shape index (κ1) is 23.9. The van der Waals surface area contributed by atoms with Crippen molar-refractivity contribution in [2.45, 2.75) is 32.4 Å². The molecule has 0 saturated heterocycles. The van der Waals surface area contributed by atoms with Crippen LogP contribution >= 0.6 is 23.1 Å². The molecule has 1 unspecified atom stereocenters. The molecular weight excluding hydrogens is 498 g/mol. The lowest BCUT2D eigenvalue weighted by molar-refractivity contribution is -0.125. The highest BCUT2D eigenvalue weighted by Crippen LogP contribution is 2.34. The summed E-state index contributed by atoms with van der Waals surface area (Å²) in [4.78, 5) is 50.0. The molecule has 12 heteroatoms. The molecule has 0 bridgehead atoms. The second-order valence-electron chi connectivity index (χ2n) is 8.22. The van der Waals surface area contributed by atoms with E-state index in [0.717, 1.165) is 27.9 Å². The zero-order valence-electron chi connectivity index (χ0n) is 19.4. The van der Waals surface area contributed by atoms with E-state index in [2.05, 4.69) is 30.8 Å². The maximum atomic E-state index is 13.3. The number of carbonyl (C=O) groups is 3. The van der Waals surface area contributed by atoms with E-state index in [-0.39, 0.29) is 36.3 Å². The third-order valence-electron chi connectivity index (χ3n) is 5.54. The molecule has 36 heavy (non-hydrogen) atoms. The molecule has 2 aliphatic heterocycles. The molecule has 0 fully saturated rings. The van der Waals surface area contributed by atoms with Crippen molar-refractivity contribution in [2.75, 3.05) is 11.1 Å². The number of fused-ring (bicyclic) bond motifs is 3. The molecule has 184 valence electrons. The Hall–Kier alpha value is -3.77. The number of aryl methyl sites for hydroxylation is 1. The van der Waals surface area contributed by atoms with E-state index in [1.165, 1.54) is 4.90 Å². The van der Waals surface area contributed by atoms with E-state index in [0.29, 0.717) is 29.1 Å². The van der Waals surface area contributed by atoms with Crippen LogP contribution in [0.3, 0.4) is 0 Å². The van der Waals surface area contributed by atoms with Gasteiger partial charge in [-0.05, 0) is 36.9 Å². The van der Waals surface area contributed by atoms with Crippen molar-refractivity contribution in [3.8, 4) is 0 Å². The Bertz CT molecular complexity index is 1360. The van der Waals surface area contributed by atoms with Crippen molar-refractivity contribution in [1.29, 1.82) is 0 Å². The number of hydrogen-bond acceptors (Lipinski definition) is 8. The Morgan fingerprint density at radius 2 is 2.06 bits per heavy atom. The van der Waals surface area contributed by atoms with E-state index >= 15 is 0 Å². The number of aromatic amines is 1. The number of hydrogen-bond donors (Lipinski definition) is 3. The fourth-order valence-electron chi connectivity index (χ4n) is 3.83. The van der Waals surface area contributed by atoms with E-state index in [9.17, 15) is 14.4 Å². The second kappa shape index (κ2) is 10.5. The number of benzene rings is 1. The topological polar surface area (TPSA) is 132 Å². The largest absolute Gasteiger partial charge is 0.351 e. The summed E-state index contributed by atoms with van der Waals surface area (Å²) in [6.07, 6.45) is 0.466. The van der Waals surface area contributed by atoms with Gasteiger partial charge in [0.1, 0.15) is 11.9 Å². The van der Waals surface area contributed by atoms with E-state index < -0.39 is 6.04 Å². The number of aliphatic imine (C=N–C) groups is 2. The fraction of sp³-hybridized carbons (Fsp3) is 0.250. The van der Waals surface area contributed by atoms with Gasteiger partial charge in [-0.1, -0.05) is 30.0 Å². The summed E-state index contributed by atoms with van der Waals surface area (Å²) >= 11 is 2.73. The molecule has 0 radical (unpaired) electrons. The SMILES string of the molecule is Cc1cc(NC(=O)CSC2=Nc3ccccc3C3=NC(CCC(=O)NCc4cccs4)C(=O)N23)n[nH]1. The number of nitrogens with one attached hydrogen (secondary N) is 3. The number of H-pyrrole nitrogens is 1. The molecule has 0 saturated carbocycles. The van der Waals surface area contributed by atoms with E-state index in [4.69, 9.17) is 0 Å². The smallest absolute Gasteiger partial charge is 0.259 e. The number of amides is 3. The number of thiophene rings is 1. The standard InChI is InChI=1S/C24H23N7O3S2/c1-14-11-19(30-29-14)28-21(33)13-36-24-27-17-7-3-2-6-16(17)22-26-18(23(34)31(22)24)8-9-20(32)25-12-15-5-4-10-35-15/h2-7,10-11,18H,8-9,12-13H2,1H3,(H,25,32)(H2,28,29,30,33). The van der Waals surface area contributed by atoms with Crippen molar-refractivity contribution >= 4 is 63.3 Å². The summed E-state index contributed by atoms with van der Waals surface area (Å²) in [6.45, 7) is 2.31. The van der Waals surface area contributed by atoms with Gasteiger partial charge in [-0.3, -0.25) is 24.5 Å². The van der Waals surface area contributed by atoms with Crippen molar-refractivity contribution in [2.24, 2.45) is 9.98 Å². The van der Waals surface area contributed by atoms with Crippen molar-refractivity contribution in [3.63, 3.8) is 0 Å². The molecule has 5 rings (SSSR count). The molecule has 3 aromatic rings. The molecule has 1 atom stereocenters. The highest BCUT2D eigenvalue weighted by molar-refractivity contribution is 8.14. The lowest BCUT2D eigenvalue weighted by atomic mass is 10.1. The first-order valence-electron chi connectivity index (χ1n) is 11.3. The minimum absolute atomic E-state index is 0.0414. The van der Waals surface area contributed by atoms with Crippen LogP contribution in [-0.4, -0.2) is 55.6 Å². The number of para-hydroxylation sites is 1. The summed E-state index contributed by atoms with van der Waals surface area (Å²) in [7, 11) is 0. The lowest BCUT2D eigenvalue weighted by Gasteiger charge is -2.25. The van der Waals surface area contributed by atoms with Crippen LogP contribution in [-0.2, 0) is 20.9 Å². The minimum atomic E-state index is -0.690. The van der Waals surface area contributed by atoms with Crippen molar-refractivity contribution in [3.05, 3.63) is 64.0 Å². The lowest BCUT2D eigenvalue weighted by Crippen LogP contribution is -2.41. The number of nitrogens with zero attached hydrogens (tertiary/aromatic N) is 4. The summed E-state index contributed by atoms with van der Waals surface area (Å²) in [5, 5.41) is 14.7. The van der Waals surface area contributed by atoms with Gasteiger partial charge in [0.15, 0.2) is 11.0 Å². The van der Waals surface area contributed by atoms with E-state index in [1.807, 2.05) is 48.7 Å². The van der Waals surface area contributed by atoms with Gasteiger partial charge in [-0.2, -0.15) is 5.10 Å². The van der Waals surface area contributed by atoms with Gasteiger partial charge in [0.05, 0.1) is 18.0 Å². The summed E-state index contributed by atoms with van der Waals surface area (Å²) < 4.78 is 0. The van der Waals surface area contributed by atoms with Gasteiger partial charge in [0.25, 0.3) is 5.91 Å². The van der Waals surface area contributed by atoms with Crippen LogP contribution < -0.4 is 10.6 Å². The van der Waals surface area contributed by atoms with Gasteiger partial charge >= 0.3 is 0 Å². The number of anilines is 1. The maximum Gasteiger partial charge on any atom is 0.259 e. The minimum Gasteiger partial charge on any atom is -0.351 e. The average molecular weight is 522 g/mol. The summed E-state index contributed by atoms with van der Waals surface area (Å²) in [5.74, 6) is 0.332. The summed E-state index contributed by atoms with van der Waals surface area (Å²) in [5.41, 5.74) is 2.26. The maximum absolute atomic E-state index is 13.3. The zero-order valence-corrected chi connectivity index (χ0v) is 21.0. The predicted octanol–water partition coefficient (Wildman–Crippen LogP) is 3.21. The van der Waals surface area contributed by atoms with Crippen LogP contribution in [0.5, 0.6) is 0 Å². The van der Waals surface area contributed by atoms with Gasteiger partial charge < -0.3 is 10.6 Å². The number of carbonyl (C=O) groups excluding carboxylic acids is 3. The van der Waals surface area contributed by atoms with Crippen LogP contribution in [0.15, 0.2) is 57.8 Å². The Morgan fingerprint density at radius 3 is 2.83 bits per heavy atom. The fourth-order valence-corrected chi connectivity index (χ4v) is 5.28. The Morgan fingerprint density at radius 1 is 1.19 bits per heavy atom. The third-order valence-corrected chi connectivity index (χ3v) is 7.35. The zero-order chi connectivity index (χ0) is 25.1. The Labute approximate surface area is 215 Å². The van der Waals surface area contributed by atoms with Crippen LogP contribution in [0.25, 0.3) is 0 Å². The number of rotatable bonds is 8. The number of aromatic nitrogens is 2. The Balaban J connectivity index is 1.25. The van der Waals surface area contributed by atoms with Crippen LogP contribution in [0.2, 0.25) is 0 Å². The van der Waals surface area contributed by atoms with Gasteiger partial charge in [-0.25, -0.2) is 9.89 Å². The second-order valence-corrected chi connectivity index (χ2v) is 10.2. The Kier molecular flexibility index (Phi) is 6.96. The molecule has 0 aliphatic carbocycles. The first-order chi connectivity index (χ1) is 17.5. The summed E-state index contributed by atoms with van der Waals surface area (Å²) in [6, 6.07) is 12.4. The van der Waals surface area contributed by atoms with Crippen LogP contribution in [0, 0.1) is 6.92 Å². The highest BCUT2D eigenvalue weighted by atomic mass is 32.2. The van der Waals surface area contributed by atoms with Crippen molar-refractivity contribution < 1.29 is 14.4 Å². The molecule has 2 aromatic heterocycles. The molecule has 2 aliphatic rings. The number of amidine groups is 2. The van der Waals surface area contributed by atoms with Crippen molar-refractivity contribution in [1.82, 2.24) is 20.4 Å². The molecule has 3 N–H and O–H groups in total. The molecular formula is C24H23N7O3S2. The van der Waals surface area contributed by atoms with Gasteiger partial charge in [-0.15, -0.1) is 11.3 Å². The quantitative estimate of drug-likeness (QED) is 0.419. The predicted molar refractivity (Wildman–Crippen MR) is 141 cm³/mol. The molecule has 0 spiro atoms. The first-order valence-corrected chi connectivity index (χ1v) is 13.2. The van der Waals surface area contributed by atoms with Gasteiger partial charge in [0.2, 0.25) is 11.8 Å². The van der Waals surface area contributed by atoms with Crippen LogP contribution in [0.1, 0.15) is 29.0 Å². The van der Waals surface area contributed by atoms with Crippen LogP contribution in [0.4, 0.5) is 11.5 Å². The highest BCUT2D eigenvalue weighted by Gasteiger charge is 2.41. The molecule has 10 nitrogen and oxygen atoms in total. The van der Waals surface area contributed by atoms with Gasteiger partial charge in [0, 0.05) is 28.6 Å².